The second-order valence-electron chi connectivity index (χ2n) is 10.8. The molecule has 4 aliphatic rings. The number of para-hydroxylation sites is 1. The second-order valence-corrected chi connectivity index (χ2v) is 10.8. The molecule has 4 nitrogen and oxygen atoms in total. The van der Waals surface area contributed by atoms with Crippen molar-refractivity contribution in [3.63, 3.8) is 0 Å². The zero-order valence-electron chi connectivity index (χ0n) is 20.2. The summed E-state index contributed by atoms with van der Waals surface area (Å²) in [5.41, 5.74) is 5.63. The van der Waals surface area contributed by atoms with Crippen LogP contribution in [-0.2, 0) is 14.1 Å². The SMILES string of the molecule is CCCCCCC1=C(B2OC(C)(C)C(C)(C)O2)C=C2CCC(=O)N3c4ccccc4[C@H]1[C@H]23. The Morgan fingerprint density at radius 1 is 1.03 bits per heavy atom. The summed E-state index contributed by atoms with van der Waals surface area (Å²) in [7, 11) is -0.353. The number of rotatable bonds is 6. The van der Waals surface area contributed by atoms with Crippen LogP contribution >= 0.6 is 0 Å². The van der Waals surface area contributed by atoms with Gasteiger partial charge in [0.25, 0.3) is 0 Å². The fourth-order valence-corrected chi connectivity index (χ4v) is 5.87. The van der Waals surface area contributed by atoms with Gasteiger partial charge >= 0.3 is 7.12 Å². The summed E-state index contributed by atoms with van der Waals surface area (Å²) in [5.74, 6) is 0.470. The lowest BCUT2D eigenvalue weighted by molar-refractivity contribution is -0.119. The Kier molecular flexibility index (Phi) is 5.41. The van der Waals surface area contributed by atoms with Crippen LogP contribution in [0.1, 0.15) is 91.0 Å². The summed E-state index contributed by atoms with van der Waals surface area (Å²) in [6.45, 7) is 10.7. The lowest BCUT2D eigenvalue weighted by atomic mass is 9.64. The highest BCUT2D eigenvalue weighted by Crippen LogP contribution is 2.55. The minimum absolute atomic E-state index is 0.126. The number of allylic oxidation sites excluding steroid dienone is 2. The molecule has 0 aromatic heterocycles. The lowest BCUT2D eigenvalue weighted by Gasteiger charge is -2.40. The van der Waals surface area contributed by atoms with Gasteiger partial charge in [0, 0.05) is 18.0 Å². The van der Waals surface area contributed by atoms with E-state index in [9.17, 15) is 4.79 Å². The van der Waals surface area contributed by atoms with Crippen molar-refractivity contribution in [1.29, 1.82) is 0 Å². The van der Waals surface area contributed by atoms with Gasteiger partial charge in [-0.1, -0.05) is 56.0 Å². The first-order valence-corrected chi connectivity index (χ1v) is 12.4. The standard InChI is InChI=1S/C27H36BNO3/c1-6-7-8-9-12-19-21(28-31-26(2,3)27(4,5)32-28)17-18-15-16-23(30)29-22-14-11-10-13-20(22)24(19)25(18)29/h10-11,13-14,17,24-25H,6-9,12,15-16H2,1-5H3/t24-,25-/m0/s1. The van der Waals surface area contributed by atoms with E-state index in [1.807, 2.05) is 0 Å². The molecule has 32 heavy (non-hydrogen) atoms. The largest absolute Gasteiger partial charge is 0.494 e. The summed E-state index contributed by atoms with van der Waals surface area (Å²) in [5, 5.41) is 0. The smallest absolute Gasteiger partial charge is 0.399 e. The molecule has 0 spiro atoms. The third-order valence-corrected chi connectivity index (χ3v) is 8.30. The molecule has 3 heterocycles. The third kappa shape index (κ3) is 3.31. The van der Waals surface area contributed by atoms with Gasteiger partial charge in [0.1, 0.15) is 0 Å². The number of unbranched alkanes of at least 4 members (excludes halogenated alkanes) is 3. The number of hydrogen-bond donors (Lipinski definition) is 0. The summed E-state index contributed by atoms with van der Waals surface area (Å²) < 4.78 is 13.1. The minimum Gasteiger partial charge on any atom is -0.399 e. The predicted octanol–water partition coefficient (Wildman–Crippen LogP) is 6.12. The Morgan fingerprint density at radius 2 is 1.75 bits per heavy atom. The van der Waals surface area contributed by atoms with Crippen LogP contribution in [0.4, 0.5) is 5.69 Å². The molecule has 0 N–H and O–H groups in total. The van der Waals surface area contributed by atoms with E-state index in [1.54, 1.807) is 0 Å². The van der Waals surface area contributed by atoms with Crippen molar-refractivity contribution in [3.8, 4) is 0 Å². The number of carbonyl (C=O) groups excluding carboxylic acids is 1. The second kappa shape index (κ2) is 7.88. The molecule has 1 aromatic rings. The van der Waals surface area contributed by atoms with Crippen molar-refractivity contribution >= 4 is 18.7 Å². The molecule has 5 heteroatoms. The van der Waals surface area contributed by atoms with Gasteiger partial charge in [-0.05, 0) is 69.6 Å². The first-order valence-electron chi connectivity index (χ1n) is 12.4. The van der Waals surface area contributed by atoms with Crippen molar-refractivity contribution < 1.29 is 14.1 Å². The summed E-state index contributed by atoms with van der Waals surface area (Å²) in [6.07, 6.45) is 9.65. The first-order chi connectivity index (χ1) is 15.2. The molecule has 5 rings (SSSR count). The highest BCUT2D eigenvalue weighted by molar-refractivity contribution is 6.56. The maximum Gasteiger partial charge on any atom is 0.494 e. The number of benzene rings is 1. The fourth-order valence-electron chi connectivity index (χ4n) is 5.87. The summed E-state index contributed by atoms with van der Waals surface area (Å²) >= 11 is 0. The monoisotopic (exact) mass is 433 g/mol. The van der Waals surface area contributed by atoms with E-state index < -0.39 is 0 Å². The number of nitrogens with zero attached hydrogens (tertiary/aromatic N) is 1. The van der Waals surface area contributed by atoms with Crippen molar-refractivity contribution in [3.05, 3.63) is 52.5 Å². The molecule has 1 amide bonds. The van der Waals surface area contributed by atoms with Gasteiger partial charge in [-0.25, -0.2) is 0 Å². The summed E-state index contributed by atoms with van der Waals surface area (Å²) in [6, 6.07) is 8.64. The van der Waals surface area contributed by atoms with Crippen molar-refractivity contribution in [2.75, 3.05) is 4.90 Å². The molecule has 0 radical (unpaired) electrons. The van der Waals surface area contributed by atoms with E-state index in [-0.39, 0.29) is 36.2 Å². The molecule has 3 aliphatic heterocycles. The predicted molar refractivity (Wildman–Crippen MR) is 130 cm³/mol. The Hall–Kier alpha value is -1.85. The molecule has 2 fully saturated rings. The van der Waals surface area contributed by atoms with Crippen LogP contribution in [-0.4, -0.2) is 30.3 Å². The first kappa shape index (κ1) is 22.0. The molecule has 1 aromatic carbocycles. The van der Waals surface area contributed by atoms with Crippen LogP contribution in [0.15, 0.2) is 47.0 Å². The van der Waals surface area contributed by atoms with Gasteiger partial charge in [-0.15, -0.1) is 0 Å². The minimum atomic E-state index is -0.366. The number of piperidine rings is 1. The zero-order valence-corrected chi connectivity index (χ0v) is 20.2. The van der Waals surface area contributed by atoms with Crippen LogP contribution < -0.4 is 4.90 Å². The van der Waals surface area contributed by atoms with E-state index in [1.165, 1.54) is 41.4 Å². The van der Waals surface area contributed by atoms with Crippen LogP contribution in [0.25, 0.3) is 0 Å². The van der Waals surface area contributed by atoms with E-state index in [0.717, 1.165) is 24.9 Å². The van der Waals surface area contributed by atoms with E-state index in [0.29, 0.717) is 6.42 Å². The van der Waals surface area contributed by atoms with Crippen LogP contribution in [0.2, 0.25) is 0 Å². The molecule has 0 bridgehead atoms. The summed E-state index contributed by atoms with van der Waals surface area (Å²) in [4.78, 5) is 15.1. The van der Waals surface area contributed by atoms with Gasteiger partial charge in [0.05, 0.1) is 17.2 Å². The highest BCUT2D eigenvalue weighted by atomic mass is 16.7. The third-order valence-electron chi connectivity index (χ3n) is 8.30. The zero-order chi connectivity index (χ0) is 22.7. The van der Waals surface area contributed by atoms with Gasteiger partial charge in [-0.3, -0.25) is 4.79 Å². The Balaban J connectivity index is 1.61. The number of carbonyl (C=O) groups is 1. The normalized spacial score (nSPS) is 27.5. The molecule has 2 atom stereocenters. The molecule has 1 aliphatic carbocycles. The molecule has 2 saturated heterocycles. The van der Waals surface area contributed by atoms with E-state index in [2.05, 4.69) is 69.9 Å². The number of hydrogen-bond acceptors (Lipinski definition) is 3. The van der Waals surface area contributed by atoms with E-state index >= 15 is 0 Å². The van der Waals surface area contributed by atoms with Crippen molar-refractivity contribution in [1.82, 2.24) is 0 Å². The average Bonchev–Trinajstić information content (AvgIpc) is 3.21. The van der Waals surface area contributed by atoms with Crippen molar-refractivity contribution in [2.45, 2.75) is 103 Å². The van der Waals surface area contributed by atoms with Gasteiger partial charge in [0.2, 0.25) is 5.91 Å². The number of anilines is 1. The van der Waals surface area contributed by atoms with Gasteiger partial charge in [-0.2, -0.15) is 0 Å². The number of amides is 1. The quantitative estimate of drug-likeness (QED) is 0.401. The van der Waals surface area contributed by atoms with Gasteiger partial charge < -0.3 is 14.2 Å². The molecular weight excluding hydrogens is 397 g/mol. The molecule has 0 saturated carbocycles. The molecule has 170 valence electrons. The number of fused-ring (bicyclic) bond motifs is 3. The Bertz CT molecular complexity index is 976. The van der Waals surface area contributed by atoms with Gasteiger partial charge in [0.15, 0.2) is 0 Å². The molecular formula is C27H36BNO3. The van der Waals surface area contributed by atoms with Crippen molar-refractivity contribution in [2.24, 2.45) is 0 Å². The maximum atomic E-state index is 13.0. The Labute approximate surface area is 193 Å². The van der Waals surface area contributed by atoms with Crippen LogP contribution in [0.3, 0.4) is 0 Å². The lowest BCUT2D eigenvalue weighted by Crippen LogP contribution is -2.46. The topological polar surface area (TPSA) is 38.8 Å². The van der Waals surface area contributed by atoms with E-state index in [4.69, 9.17) is 9.31 Å². The fraction of sp³-hybridized carbons (Fsp3) is 0.593. The molecule has 0 unspecified atom stereocenters. The van der Waals surface area contributed by atoms with Crippen LogP contribution in [0.5, 0.6) is 0 Å². The van der Waals surface area contributed by atoms with Crippen LogP contribution in [0, 0.1) is 0 Å². The highest BCUT2D eigenvalue weighted by Gasteiger charge is 2.55. The average molecular weight is 433 g/mol. The Morgan fingerprint density at radius 3 is 2.47 bits per heavy atom. The maximum absolute atomic E-state index is 13.0.